The Morgan fingerprint density at radius 1 is 1.22 bits per heavy atom. The molecule has 116 valence electrons. The predicted octanol–water partition coefficient (Wildman–Crippen LogP) is 3.25. The van der Waals surface area contributed by atoms with Gasteiger partial charge in [0.1, 0.15) is 4.92 Å². The number of carbonyl (C=O) groups excluding carboxylic acids is 1. The maximum atomic E-state index is 11.9. The third kappa shape index (κ3) is 3.26. The first-order chi connectivity index (χ1) is 11.0. The molecule has 0 aliphatic rings. The first-order valence-electron chi connectivity index (χ1n) is 6.18. The first-order valence-corrected chi connectivity index (χ1v) is 6.97. The van der Waals surface area contributed by atoms with Crippen LogP contribution in [-0.4, -0.2) is 21.0 Å². The summed E-state index contributed by atoms with van der Waals surface area (Å²) in [5.74, 6) is -1.29. The summed E-state index contributed by atoms with van der Waals surface area (Å²) >= 11 is 3.32. The van der Waals surface area contributed by atoms with Crippen molar-refractivity contribution in [3.63, 3.8) is 0 Å². The quantitative estimate of drug-likeness (QED) is 0.545. The molecule has 0 spiro atoms. The number of nitrogens with zero attached hydrogens (tertiary/aromatic N) is 3. The molecule has 23 heavy (non-hydrogen) atoms. The van der Waals surface area contributed by atoms with E-state index in [2.05, 4.69) is 31.4 Å². The van der Waals surface area contributed by atoms with Crippen LogP contribution in [0.15, 0.2) is 49.7 Å². The van der Waals surface area contributed by atoms with Gasteiger partial charge in [-0.2, -0.15) is 0 Å². The van der Waals surface area contributed by atoms with E-state index in [4.69, 9.17) is 8.83 Å². The number of hydrogen-bond donors (Lipinski definition) is 1. The molecule has 2 heterocycles. The fourth-order valence-corrected chi connectivity index (χ4v) is 2.12. The fraction of sp³-hybridized carbons (Fsp3) is 0. The highest BCUT2D eigenvalue weighted by Gasteiger charge is 2.19. The number of benzene rings is 1. The van der Waals surface area contributed by atoms with Gasteiger partial charge in [0.2, 0.25) is 5.89 Å². The maximum absolute atomic E-state index is 11.9. The Hall–Kier alpha value is -3.01. The molecule has 3 aromatic rings. The Balaban J connectivity index is 1.75. The lowest BCUT2D eigenvalue weighted by molar-refractivity contribution is -0.402. The van der Waals surface area contributed by atoms with Crippen LogP contribution in [0.3, 0.4) is 0 Å². The van der Waals surface area contributed by atoms with Crippen LogP contribution in [0, 0.1) is 10.1 Å². The molecular weight excluding hydrogens is 372 g/mol. The van der Waals surface area contributed by atoms with Crippen molar-refractivity contribution in [2.24, 2.45) is 0 Å². The van der Waals surface area contributed by atoms with Crippen LogP contribution in [0.1, 0.15) is 10.6 Å². The summed E-state index contributed by atoms with van der Waals surface area (Å²) in [6.45, 7) is 0. The van der Waals surface area contributed by atoms with Crippen molar-refractivity contribution in [3.05, 3.63) is 56.7 Å². The molecule has 0 aliphatic heterocycles. The Bertz CT molecular complexity index is 888. The topological polar surface area (TPSA) is 124 Å². The van der Waals surface area contributed by atoms with Gasteiger partial charge in [-0.3, -0.25) is 20.2 Å². The highest BCUT2D eigenvalue weighted by atomic mass is 79.9. The summed E-state index contributed by atoms with van der Waals surface area (Å²) in [7, 11) is 0. The minimum atomic E-state index is -0.741. The third-order valence-corrected chi connectivity index (χ3v) is 3.21. The summed E-state index contributed by atoms with van der Waals surface area (Å²) in [5.41, 5.74) is 0.668. The van der Waals surface area contributed by atoms with Crippen LogP contribution in [0.25, 0.3) is 11.5 Å². The molecule has 2 aromatic heterocycles. The summed E-state index contributed by atoms with van der Waals surface area (Å²) in [6.07, 6.45) is 0. The minimum Gasteiger partial charge on any atom is -0.403 e. The molecule has 0 radical (unpaired) electrons. The summed E-state index contributed by atoms with van der Waals surface area (Å²) in [4.78, 5) is 21.7. The van der Waals surface area contributed by atoms with E-state index in [9.17, 15) is 14.9 Å². The number of aromatic nitrogens is 2. The zero-order chi connectivity index (χ0) is 16.4. The number of anilines is 1. The molecule has 0 atom stereocenters. The molecule has 0 bridgehead atoms. The van der Waals surface area contributed by atoms with Gasteiger partial charge in [0, 0.05) is 10.0 Å². The van der Waals surface area contributed by atoms with Gasteiger partial charge in [0.25, 0.3) is 5.91 Å². The number of rotatable bonds is 4. The SMILES string of the molecule is O=C(Nc1nnc(-c2cccc(Br)c2)o1)c1ccc([N+](=O)[O-])o1. The van der Waals surface area contributed by atoms with Crippen LogP contribution in [0.2, 0.25) is 0 Å². The smallest absolute Gasteiger partial charge is 0.403 e. The van der Waals surface area contributed by atoms with Gasteiger partial charge in [-0.15, -0.1) is 5.10 Å². The van der Waals surface area contributed by atoms with Gasteiger partial charge in [-0.1, -0.05) is 27.1 Å². The second-order valence-electron chi connectivity index (χ2n) is 4.27. The summed E-state index contributed by atoms with van der Waals surface area (Å²) in [5, 5.41) is 20.3. The largest absolute Gasteiger partial charge is 0.433 e. The van der Waals surface area contributed by atoms with Crippen LogP contribution in [-0.2, 0) is 0 Å². The monoisotopic (exact) mass is 378 g/mol. The molecular formula is C13H7BrN4O5. The Morgan fingerprint density at radius 3 is 2.74 bits per heavy atom. The molecule has 0 saturated heterocycles. The van der Waals surface area contributed by atoms with Crippen LogP contribution >= 0.6 is 15.9 Å². The van der Waals surface area contributed by atoms with E-state index in [0.717, 1.165) is 10.5 Å². The van der Waals surface area contributed by atoms with E-state index in [1.807, 2.05) is 6.07 Å². The number of amides is 1. The molecule has 0 saturated carbocycles. The van der Waals surface area contributed by atoms with Crippen molar-refractivity contribution in [2.45, 2.75) is 0 Å². The lowest BCUT2D eigenvalue weighted by Crippen LogP contribution is -2.11. The molecule has 1 aromatic carbocycles. The Kier molecular flexibility index (Phi) is 3.89. The van der Waals surface area contributed by atoms with Crippen molar-refractivity contribution in [1.29, 1.82) is 0 Å². The van der Waals surface area contributed by atoms with Gasteiger partial charge in [-0.05, 0) is 24.3 Å². The molecule has 0 fully saturated rings. The van der Waals surface area contributed by atoms with E-state index < -0.39 is 16.7 Å². The predicted molar refractivity (Wildman–Crippen MR) is 80.7 cm³/mol. The number of nitrogens with one attached hydrogen (secondary N) is 1. The number of nitro groups is 1. The number of hydrogen-bond acceptors (Lipinski definition) is 7. The number of carbonyl (C=O) groups is 1. The highest BCUT2D eigenvalue weighted by Crippen LogP contribution is 2.23. The minimum absolute atomic E-state index is 0.149. The van der Waals surface area contributed by atoms with Crippen molar-refractivity contribution in [2.75, 3.05) is 5.32 Å². The van der Waals surface area contributed by atoms with Crippen molar-refractivity contribution < 1.29 is 18.6 Å². The van der Waals surface area contributed by atoms with Crippen molar-refractivity contribution >= 4 is 33.7 Å². The Morgan fingerprint density at radius 2 is 2.04 bits per heavy atom. The lowest BCUT2D eigenvalue weighted by Gasteiger charge is -1.96. The van der Waals surface area contributed by atoms with Crippen molar-refractivity contribution in [3.8, 4) is 11.5 Å². The van der Waals surface area contributed by atoms with Crippen LogP contribution in [0.5, 0.6) is 0 Å². The molecule has 9 nitrogen and oxygen atoms in total. The standard InChI is InChI=1S/C13H7BrN4O5/c14-8-3-1-2-7(6-8)12-16-17-13(23-12)15-11(19)9-4-5-10(22-9)18(20)21/h1-6H,(H,15,17,19). The van der Waals surface area contributed by atoms with E-state index in [0.29, 0.717) is 5.56 Å². The molecule has 3 rings (SSSR count). The molecule has 1 N–H and O–H groups in total. The van der Waals surface area contributed by atoms with Gasteiger partial charge < -0.3 is 8.83 Å². The highest BCUT2D eigenvalue weighted by molar-refractivity contribution is 9.10. The van der Waals surface area contributed by atoms with E-state index in [1.165, 1.54) is 6.07 Å². The number of furan rings is 1. The van der Waals surface area contributed by atoms with E-state index >= 15 is 0 Å². The lowest BCUT2D eigenvalue weighted by atomic mass is 10.2. The first kappa shape index (κ1) is 14.9. The number of halogens is 1. The van der Waals surface area contributed by atoms with Gasteiger partial charge in [0.05, 0.1) is 6.07 Å². The molecule has 1 amide bonds. The molecule has 0 aliphatic carbocycles. The van der Waals surface area contributed by atoms with Gasteiger partial charge in [-0.25, -0.2) is 0 Å². The van der Waals surface area contributed by atoms with Crippen LogP contribution in [0.4, 0.5) is 11.9 Å². The average Bonchev–Trinajstić information content (AvgIpc) is 3.16. The maximum Gasteiger partial charge on any atom is 0.433 e. The Labute approximate surface area is 136 Å². The second kappa shape index (κ2) is 6.01. The molecule has 0 unspecified atom stereocenters. The second-order valence-corrected chi connectivity index (χ2v) is 5.19. The average molecular weight is 379 g/mol. The third-order valence-electron chi connectivity index (χ3n) is 2.71. The zero-order valence-corrected chi connectivity index (χ0v) is 12.8. The van der Waals surface area contributed by atoms with Gasteiger partial charge in [0.15, 0.2) is 5.76 Å². The van der Waals surface area contributed by atoms with Gasteiger partial charge >= 0.3 is 11.9 Å². The summed E-state index contributed by atoms with van der Waals surface area (Å²) in [6, 6.07) is 9.28. The van der Waals surface area contributed by atoms with Crippen LogP contribution < -0.4 is 5.32 Å². The van der Waals surface area contributed by atoms with E-state index in [-0.39, 0.29) is 17.7 Å². The van der Waals surface area contributed by atoms with E-state index in [1.54, 1.807) is 18.2 Å². The molecule has 10 heteroatoms. The zero-order valence-electron chi connectivity index (χ0n) is 11.2. The fourth-order valence-electron chi connectivity index (χ4n) is 1.72. The summed E-state index contributed by atoms with van der Waals surface area (Å²) < 4.78 is 10.9. The van der Waals surface area contributed by atoms with Crippen molar-refractivity contribution in [1.82, 2.24) is 10.2 Å². The normalized spacial score (nSPS) is 10.5.